The molecule has 1 aliphatic heterocycles. The van der Waals surface area contributed by atoms with Crippen LogP contribution in [-0.4, -0.2) is 33.8 Å². The number of nitrogens with one attached hydrogen (secondary N) is 2. The molecule has 2 N–H and O–H groups in total. The maximum absolute atomic E-state index is 11.8. The molecule has 3 rings (SSSR count). The van der Waals surface area contributed by atoms with Gasteiger partial charge in [-0.3, -0.25) is 4.79 Å². The van der Waals surface area contributed by atoms with Gasteiger partial charge in [-0.15, -0.1) is 0 Å². The third-order valence-electron chi connectivity index (χ3n) is 3.34. The highest BCUT2D eigenvalue weighted by molar-refractivity contribution is 5.94. The summed E-state index contributed by atoms with van der Waals surface area (Å²) in [6.45, 7) is 5.64. The number of carbonyl (C=O) groups excluding carboxylic acids is 1. The van der Waals surface area contributed by atoms with Crippen LogP contribution in [0.4, 0.5) is 5.69 Å². The van der Waals surface area contributed by atoms with Gasteiger partial charge in [0.25, 0.3) is 0 Å². The lowest BCUT2D eigenvalue weighted by atomic mass is 10.0. The summed E-state index contributed by atoms with van der Waals surface area (Å²) in [5.74, 6) is 0.130. The fraction of sp³-hybridized carbons (Fsp3) is 0.462. The Kier molecular flexibility index (Phi) is 2.94. The Morgan fingerprint density at radius 2 is 2.26 bits per heavy atom. The molecule has 3 heterocycles. The largest absolute Gasteiger partial charge is 0.324 e. The van der Waals surface area contributed by atoms with Crippen molar-refractivity contribution in [2.45, 2.75) is 19.9 Å². The van der Waals surface area contributed by atoms with Crippen LogP contribution in [0.3, 0.4) is 0 Å². The third kappa shape index (κ3) is 2.19. The van der Waals surface area contributed by atoms with Crippen molar-refractivity contribution in [3.05, 3.63) is 18.5 Å². The van der Waals surface area contributed by atoms with Gasteiger partial charge in [0.2, 0.25) is 5.91 Å². The number of amides is 1. The first-order valence-electron chi connectivity index (χ1n) is 6.50. The Morgan fingerprint density at radius 3 is 2.89 bits per heavy atom. The quantitative estimate of drug-likeness (QED) is 0.868. The molecule has 0 aliphatic carbocycles. The Balaban J connectivity index is 1.83. The van der Waals surface area contributed by atoms with E-state index in [1.807, 2.05) is 10.7 Å². The van der Waals surface area contributed by atoms with E-state index in [2.05, 4.69) is 34.6 Å². The van der Waals surface area contributed by atoms with E-state index in [9.17, 15) is 4.79 Å². The first-order valence-corrected chi connectivity index (χ1v) is 6.50. The Hall–Kier alpha value is -1.95. The van der Waals surface area contributed by atoms with Crippen molar-refractivity contribution in [3.8, 4) is 0 Å². The molecular weight excluding hydrogens is 242 g/mol. The standard InChI is InChI=1S/C13H17N5O/c1-8(2)18-12-9(6-16-18)3-11(7-15-12)17-13(19)10-4-14-5-10/h3,6-8,10,14H,4-5H2,1-2H3,(H,17,19). The van der Waals surface area contributed by atoms with Gasteiger partial charge >= 0.3 is 0 Å². The molecule has 2 aromatic rings. The van der Waals surface area contributed by atoms with Crippen molar-refractivity contribution in [1.82, 2.24) is 20.1 Å². The second kappa shape index (κ2) is 4.62. The van der Waals surface area contributed by atoms with Crippen molar-refractivity contribution >= 4 is 22.6 Å². The highest BCUT2D eigenvalue weighted by Gasteiger charge is 2.24. The summed E-state index contributed by atoms with van der Waals surface area (Å²) in [5.41, 5.74) is 1.58. The van der Waals surface area contributed by atoms with Crippen LogP contribution in [0.25, 0.3) is 11.0 Å². The molecule has 0 radical (unpaired) electrons. The molecule has 0 unspecified atom stereocenters. The topological polar surface area (TPSA) is 71.8 Å². The molecule has 1 saturated heterocycles. The minimum absolute atomic E-state index is 0.0520. The van der Waals surface area contributed by atoms with Gasteiger partial charge in [0.1, 0.15) is 0 Å². The van der Waals surface area contributed by atoms with Gasteiger partial charge in [-0.25, -0.2) is 9.67 Å². The van der Waals surface area contributed by atoms with Crippen LogP contribution < -0.4 is 10.6 Å². The molecular formula is C13H17N5O. The summed E-state index contributed by atoms with van der Waals surface area (Å²) in [6.07, 6.45) is 3.47. The summed E-state index contributed by atoms with van der Waals surface area (Å²) in [6, 6.07) is 2.18. The molecule has 1 aliphatic rings. The highest BCUT2D eigenvalue weighted by atomic mass is 16.2. The van der Waals surface area contributed by atoms with Crippen molar-refractivity contribution < 1.29 is 4.79 Å². The number of anilines is 1. The van der Waals surface area contributed by atoms with Gasteiger partial charge in [-0.2, -0.15) is 5.10 Å². The lowest BCUT2D eigenvalue weighted by Gasteiger charge is -2.25. The Labute approximate surface area is 111 Å². The van der Waals surface area contributed by atoms with Crippen LogP contribution in [0.5, 0.6) is 0 Å². The zero-order valence-electron chi connectivity index (χ0n) is 11.1. The SMILES string of the molecule is CC(C)n1ncc2cc(NC(=O)C3CNC3)cnc21. The van der Waals surface area contributed by atoms with Crippen LogP contribution in [0.15, 0.2) is 18.5 Å². The molecule has 19 heavy (non-hydrogen) atoms. The average Bonchev–Trinajstić information content (AvgIpc) is 2.69. The van der Waals surface area contributed by atoms with E-state index in [-0.39, 0.29) is 17.9 Å². The first-order chi connectivity index (χ1) is 9.15. The van der Waals surface area contributed by atoms with Crippen molar-refractivity contribution in [3.63, 3.8) is 0 Å². The van der Waals surface area contributed by atoms with E-state index < -0.39 is 0 Å². The number of rotatable bonds is 3. The first kappa shape index (κ1) is 12.1. The van der Waals surface area contributed by atoms with Gasteiger partial charge in [0.15, 0.2) is 5.65 Å². The van der Waals surface area contributed by atoms with Gasteiger partial charge in [0, 0.05) is 24.5 Å². The summed E-state index contributed by atoms with van der Waals surface area (Å²) in [5, 5.41) is 11.2. The van der Waals surface area contributed by atoms with Crippen LogP contribution in [0, 0.1) is 5.92 Å². The molecule has 0 saturated carbocycles. The summed E-state index contributed by atoms with van der Waals surface area (Å²) >= 11 is 0. The molecule has 0 aromatic carbocycles. The van der Waals surface area contributed by atoms with E-state index in [4.69, 9.17) is 0 Å². The average molecular weight is 259 g/mol. The summed E-state index contributed by atoms with van der Waals surface area (Å²) in [4.78, 5) is 16.2. The maximum Gasteiger partial charge on any atom is 0.230 e. The number of pyridine rings is 1. The molecule has 6 nitrogen and oxygen atoms in total. The minimum atomic E-state index is 0.0520. The predicted molar refractivity (Wildman–Crippen MR) is 72.9 cm³/mol. The van der Waals surface area contributed by atoms with Gasteiger partial charge < -0.3 is 10.6 Å². The van der Waals surface area contributed by atoms with Crippen molar-refractivity contribution in [1.29, 1.82) is 0 Å². The van der Waals surface area contributed by atoms with Crippen LogP contribution in [0.1, 0.15) is 19.9 Å². The third-order valence-corrected chi connectivity index (χ3v) is 3.34. The number of aromatic nitrogens is 3. The monoisotopic (exact) mass is 259 g/mol. The van der Waals surface area contributed by atoms with Crippen LogP contribution >= 0.6 is 0 Å². The minimum Gasteiger partial charge on any atom is -0.324 e. The van der Waals surface area contributed by atoms with Gasteiger partial charge in [0.05, 0.1) is 24.0 Å². The normalized spacial score (nSPS) is 15.7. The molecule has 0 spiro atoms. The molecule has 6 heteroatoms. The van der Waals surface area contributed by atoms with E-state index in [1.165, 1.54) is 0 Å². The molecule has 0 atom stereocenters. The van der Waals surface area contributed by atoms with E-state index in [0.717, 1.165) is 29.8 Å². The molecule has 1 amide bonds. The molecule has 1 fully saturated rings. The molecule has 0 bridgehead atoms. The van der Waals surface area contributed by atoms with E-state index in [1.54, 1.807) is 12.4 Å². The fourth-order valence-electron chi connectivity index (χ4n) is 2.10. The van der Waals surface area contributed by atoms with Gasteiger partial charge in [-0.1, -0.05) is 0 Å². The van der Waals surface area contributed by atoms with E-state index >= 15 is 0 Å². The number of carbonyl (C=O) groups is 1. The summed E-state index contributed by atoms with van der Waals surface area (Å²) < 4.78 is 1.87. The fourth-order valence-corrected chi connectivity index (χ4v) is 2.10. The summed E-state index contributed by atoms with van der Waals surface area (Å²) in [7, 11) is 0. The zero-order valence-corrected chi connectivity index (χ0v) is 11.1. The number of hydrogen-bond donors (Lipinski definition) is 2. The molecule has 100 valence electrons. The Morgan fingerprint density at radius 1 is 1.47 bits per heavy atom. The predicted octanol–water partition coefficient (Wildman–Crippen LogP) is 1.17. The van der Waals surface area contributed by atoms with Crippen LogP contribution in [-0.2, 0) is 4.79 Å². The lowest BCUT2D eigenvalue weighted by molar-refractivity contribution is -0.121. The Bertz CT molecular complexity index is 615. The maximum atomic E-state index is 11.8. The van der Waals surface area contributed by atoms with Crippen molar-refractivity contribution in [2.24, 2.45) is 5.92 Å². The zero-order chi connectivity index (χ0) is 13.4. The van der Waals surface area contributed by atoms with Crippen molar-refractivity contribution in [2.75, 3.05) is 18.4 Å². The second-order valence-electron chi connectivity index (χ2n) is 5.16. The lowest BCUT2D eigenvalue weighted by Crippen LogP contribution is -2.48. The number of nitrogens with zero attached hydrogens (tertiary/aromatic N) is 3. The second-order valence-corrected chi connectivity index (χ2v) is 5.16. The smallest absolute Gasteiger partial charge is 0.230 e. The number of fused-ring (bicyclic) bond motifs is 1. The highest BCUT2D eigenvalue weighted by Crippen LogP contribution is 2.19. The van der Waals surface area contributed by atoms with Crippen LogP contribution in [0.2, 0.25) is 0 Å². The number of hydrogen-bond acceptors (Lipinski definition) is 4. The van der Waals surface area contributed by atoms with E-state index in [0.29, 0.717) is 0 Å². The molecule has 2 aromatic heterocycles. The van der Waals surface area contributed by atoms with Gasteiger partial charge in [-0.05, 0) is 19.9 Å².